The summed E-state index contributed by atoms with van der Waals surface area (Å²) in [7, 11) is 0. The van der Waals surface area contributed by atoms with Gasteiger partial charge >= 0.3 is 0 Å². The van der Waals surface area contributed by atoms with Crippen LogP contribution in [0.4, 0.5) is 0 Å². The van der Waals surface area contributed by atoms with E-state index in [1.54, 1.807) is 12.4 Å². The van der Waals surface area contributed by atoms with E-state index in [4.69, 9.17) is 10.5 Å². The molecule has 0 bridgehead atoms. The Morgan fingerprint density at radius 2 is 2.16 bits per heavy atom. The van der Waals surface area contributed by atoms with Gasteiger partial charge in [0.1, 0.15) is 12.4 Å². The highest BCUT2D eigenvalue weighted by molar-refractivity contribution is 5.67. The minimum absolute atomic E-state index is 0. The summed E-state index contributed by atoms with van der Waals surface area (Å²) in [6, 6.07) is 6.06. The van der Waals surface area contributed by atoms with Crippen molar-refractivity contribution in [2.75, 3.05) is 6.61 Å². The van der Waals surface area contributed by atoms with Crippen LogP contribution in [0.15, 0.2) is 30.6 Å². The zero-order valence-corrected chi connectivity index (χ0v) is 11.0. The first-order chi connectivity index (χ1) is 8.74. The van der Waals surface area contributed by atoms with E-state index in [2.05, 4.69) is 9.97 Å². The van der Waals surface area contributed by atoms with E-state index in [0.717, 1.165) is 34.7 Å². The molecule has 3 rings (SSSR count). The molecule has 1 aliphatic heterocycles. The van der Waals surface area contributed by atoms with Crippen LogP contribution >= 0.6 is 0 Å². The molecule has 0 spiro atoms. The lowest BCUT2D eigenvalue weighted by Crippen LogP contribution is -2.34. The number of hydrogen-bond donors (Lipinski definition) is 2. The lowest BCUT2D eigenvalue weighted by atomic mass is 9.96. The van der Waals surface area contributed by atoms with Gasteiger partial charge in [0.15, 0.2) is 0 Å². The monoisotopic (exact) mass is 258 g/mol. The molecule has 1 aromatic carbocycles. The van der Waals surface area contributed by atoms with Crippen LogP contribution in [0.2, 0.25) is 0 Å². The summed E-state index contributed by atoms with van der Waals surface area (Å²) < 4.78 is 5.65. The highest BCUT2D eigenvalue weighted by atomic mass is 16.5. The fourth-order valence-electron chi connectivity index (χ4n) is 2.26. The van der Waals surface area contributed by atoms with E-state index in [1.165, 1.54) is 0 Å². The average molecular weight is 258 g/mol. The summed E-state index contributed by atoms with van der Waals surface area (Å²) in [5.74, 6) is 0.914. The van der Waals surface area contributed by atoms with Crippen LogP contribution in [-0.4, -0.2) is 22.6 Å². The predicted molar refractivity (Wildman–Crippen MR) is 74.4 cm³/mol. The zero-order valence-electron chi connectivity index (χ0n) is 11.0. The molecular weight excluding hydrogens is 240 g/mol. The molecule has 0 saturated heterocycles. The van der Waals surface area contributed by atoms with E-state index in [9.17, 15) is 0 Å². The summed E-state index contributed by atoms with van der Waals surface area (Å²) in [5, 5.41) is 0. The van der Waals surface area contributed by atoms with Crippen LogP contribution in [0.1, 0.15) is 11.3 Å². The zero-order chi connectivity index (χ0) is 12.5. The molecule has 19 heavy (non-hydrogen) atoms. The quantitative estimate of drug-likeness (QED) is 0.814. The van der Waals surface area contributed by atoms with Crippen molar-refractivity contribution in [2.45, 2.75) is 19.4 Å². The lowest BCUT2D eigenvalue weighted by Gasteiger charge is -2.24. The van der Waals surface area contributed by atoms with Gasteiger partial charge in [-0.25, -0.2) is 4.98 Å². The van der Waals surface area contributed by atoms with Crippen molar-refractivity contribution in [3.05, 3.63) is 41.9 Å². The third-order valence-electron chi connectivity index (χ3n) is 3.08. The number of benzene rings is 1. The van der Waals surface area contributed by atoms with Crippen LogP contribution in [0.5, 0.6) is 5.75 Å². The molecule has 0 saturated carbocycles. The van der Waals surface area contributed by atoms with E-state index < -0.39 is 0 Å². The van der Waals surface area contributed by atoms with Gasteiger partial charge in [0.05, 0.1) is 17.6 Å². The van der Waals surface area contributed by atoms with Gasteiger partial charge in [0.2, 0.25) is 0 Å². The average Bonchev–Trinajstić information content (AvgIpc) is 2.38. The molecule has 5 heteroatoms. The summed E-state index contributed by atoms with van der Waals surface area (Å²) >= 11 is 0. The summed E-state index contributed by atoms with van der Waals surface area (Å²) in [6.45, 7) is 2.52. The van der Waals surface area contributed by atoms with Gasteiger partial charge < -0.3 is 16.6 Å². The Hall–Kier alpha value is -1.98. The van der Waals surface area contributed by atoms with Gasteiger partial charge in [0, 0.05) is 23.4 Å². The third kappa shape index (κ3) is 2.57. The van der Waals surface area contributed by atoms with E-state index in [-0.39, 0.29) is 12.2 Å². The van der Waals surface area contributed by atoms with Crippen LogP contribution in [0.25, 0.3) is 11.3 Å². The van der Waals surface area contributed by atoms with Gasteiger partial charge in [-0.15, -0.1) is 0 Å². The molecule has 0 radical (unpaired) electrons. The van der Waals surface area contributed by atoms with Crippen molar-refractivity contribution in [1.82, 2.24) is 16.1 Å². The largest absolute Gasteiger partial charge is 0.492 e. The number of nitrogens with two attached hydrogens (primary N) is 1. The molecule has 2 heterocycles. The van der Waals surface area contributed by atoms with Crippen molar-refractivity contribution >= 4 is 0 Å². The number of fused-ring (bicyclic) bond motifs is 1. The summed E-state index contributed by atoms with van der Waals surface area (Å²) in [6.07, 6.45) is 4.35. The molecule has 5 nitrogen and oxygen atoms in total. The molecule has 0 fully saturated rings. The standard InChI is InChI=1S/C14H15N3O.H3N/c1-9-6-16-7-13(17-9)11-3-2-4-14-12(11)5-10(15)8-18-14;/h2-4,6-7,10H,5,8,15H2,1H3;1H3/t10-;/m0./s1. The Labute approximate surface area is 112 Å². The molecule has 5 N–H and O–H groups in total. The van der Waals surface area contributed by atoms with Crippen molar-refractivity contribution in [2.24, 2.45) is 5.73 Å². The molecule has 1 atom stereocenters. The molecule has 1 aliphatic rings. The SMILES string of the molecule is Cc1cncc(-c2cccc3c2C[C@H](N)CO3)n1.N. The molecule has 1 aromatic heterocycles. The maximum atomic E-state index is 5.97. The van der Waals surface area contributed by atoms with Crippen LogP contribution < -0.4 is 16.6 Å². The van der Waals surface area contributed by atoms with Crippen molar-refractivity contribution in [3.63, 3.8) is 0 Å². The smallest absolute Gasteiger partial charge is 0.123 e. The fraction of sp³-hybridized carbons (Fsp3) is 0.286. The van der Waals surface area contributed by atoms with Crippen LogP contribution in [-0.2, 0) is 6.42 Å². The van der Waals surface area contributed by atoms with E-state index in [1.807, 2.05) is 25.1 Å². The highest BCUT2D eigenvalue weighted by Crippen LogP contribution is 2.32. The maximum absolute atomic E-state index is 5.97. The second kappa shape index (κ2) is 5.34. The van der Waals surface area contributed by atoms with Crippen molar-refractivity contribution < 1.29 is 4.74 Å². The third-order valence-corrected chi connectivity index (χ3v) is 3.08. The Kier molecular flexibility index (Phi) is 3.78. The first-order valence-corrected chi connectivity index (χ1v) is 6.03. The topological polar surface area (TPSA) is 96.0 Å². The first-order valence-electron chi connectivity index (χ1n) is 6.03. The highest BCUT2D eigenvalue weighted by Gasteiger charge is 2.20. The Bertz CT molecular complexity index is 585. The molecule has 0 aliphatic carbocycles. The first kappa shape index (κ1) is 13.5. The number of rotatable bonds is 1. The van der Waals surface area contributed by atoms with Gasteiger partial charge in [-0.05, 0) is 19.4 Å². The van der Waals surface area contributed by atoms with Gasteiger partial charge in [-0.2, -0.15) is 0 Å². The fourth-order valence-corrected chi connectivity index (χ4v) is 2.26. The Morgan fingerprint density at radius 3 is 2.95 bits per heavy atom. The van der Waals surface area contributed by atoms with Gasteiger partial charge in [-0.3, -0.25) is 4.98 Å². The van der Waals surface area contributed by atoms with Crippen molar-refractivity contribution in [1.29, 1.82) is 0 Å². The molecule has 100 valence electrons. The number of ether oxygens (including phenoxy) is 1. The van der Waals surface area contributed by atoms with E-state index >= 15 is 0 Å². The molecule has 0 amide bonds. The summed E-state index contributed by atoms with van der Waals surface area (Å²) in [4.78, 5) is 8.71. The molecule has 0 unspecified atom stereocenters. The second-order valence-corrected chi connectivity index (χ2v) is 4.60. The van der Waals surface area contributed by atoms with Crippen LogP contribution in [0, 0.1) is 6.92 Å². The van der Waals surface area contributed by atoms with E-state index in [0.29, 0.717) is 6.61 Å². The Morgan fingerprint density at radius 1 is 1.32 bits per heavy atom. The molecular formula is C14H18N4O. The molecule has 2 aromatic rings. The minimum Gasteiger partial charge on any atom is -0.492 e. The van der Waals surface area contributed by atoms with Gasteiger partial charge in [-0.1, -0.05) is 12.1 Å². The number of aryl methyl sites for hydroxylation is 1. The minimum atomic E-state index is 0. The normalized spacial score (nSPS) is 17.1. The van der Waals surface area contributed by atoms with Gasteiger partial charge in [0.25, 0.3) is 0 Å². The number of aromatic nitrogens is 2. The predicted octanol–water partition coefficient (Wildman–Crippen LogP) is 1.88. The number of nitrogens with zero attached hydrogens (tertiary/aromatic N) is 2. The maximum Gasteiger partial charge on any atom is 0.123 e. The van der Waals surface area contributed by atoms with Crippen LogP contribution in [0.3, 0.4) is 0 Å². The second-order valence-electron chi connectivity index (χ2n) is 4.60. The number of hydrogen-bond acceptors (Lipinski definition) is 5. The van der Waals surface area contributed by atoms with Crippen molar-refractivity contribution in [3.8, 4) is 17.0 Å². The summed E-state index contributed by atoms with van der Waals surface area (Å²) in [5.41, 5.74) is 9.96. The Balaban J connectivity index is 0.00000133. The lowest BCUT2D eigenvalue weighted by molar-refractivity contribution is 0.264.